The van der Waals surface area contributed by atoms with Crippen LogP contribution in [0.2, 0.25) is 0 Å². The third-order valence-electron chi connectivity index (χ3n) is 4.23. The van der Waals surface area contributed by atoms with Crippen LogP contribution in [0.4, 0.5) is 4.79 Å². The predicted octanol–water partition coefficient (Wildman–Crippen LogP) is 3.76. The van der Waals surface area contributed by atoms with E-state index in [-0.39, 0.29) is 17.8 Å². The van der Waals surface area contributed by atoms with Gasteiger partial charge in [0.25, 0.3) is 11.8 Å². The highest BCUT2D eigenvalue weighted by Crippen LogP contribution is 2.25. The van der Waals surface area contributed by atoms with Crippen LogP contribution in [0.25, 0.3) is 0 Å². The Labute approximate surface area is 169 Å². The van der Waals surface area contributed by atoms with Crippen LogP contribution < -0.4 is 5.32 Å². The minimum Gasteiger partial charge on any atom is -0.338 e. The van der Waals surface area contributed by atoms with Crippen LogP contribution in [0.15, 0.2) is 22.7 Å². The van der Waals surface area contributed by atoms with Crippen LogP contribution >= 0.6 is 15.9 Å². The molecule has 1 aromatic carbocycles. The summed E-state index contributed by atoms with van der Waals surface area (Å²) >= 11 is 3.33. The molecule has 0 unspecified atom stereocenters. The number of amides is 4. The lowest BCUT2D eigenvalue weighted by molar-refractivity contribution is 0.0653. The Hall–Kier alpha value is -1.89. The lowest BCUT2D eigenvalue weighted by Gasteiger charge is -2.26. The van der Waals surface area contributed by atoms with Gasteiger partial charge in [-0.3, -0.25) is 14.5 Å². The lowest BCUT2D eigenvalue weighted by atomic mass is 10.1. The average Bonchev–Trinajstić information content (AvgIpc) is 2.81. The molecule has 0 radical (unpaired) electrons. The van der Waals surface area contributed by atoms with Gasteiger partial charge in [-0.1, -0.05) is 43.6 Å². The molecule has 1 heterocycles. The zero-order chi connectivity index (χ0) is 20.1. The number of rotatable bonds is 8. The van der Waals surface area contributed by atoms with Gasteiger partial charge in [0.1, 0.15) is 0 Å². The monoisotopic (exact) mass is 437 g/mol. The van der Waals surface area contributed by atoms with Crippen molar-refractivity contribution in [3.63, 3.8) is 0 Å². The van der Waals surface area contributed by atoms with Crippen molar-refractivity contribution in [3.05, 3.63) is 33.8 Å². The van der Waals surface area contributed by atoms with Gasteiger partial charge in [0, 0.05) is 30.7 Å². The molecule has 4 amide bonds. The van der Waals surface area contributed by atoms with E-state index in [0.717, 1.165) is 4.47 Å². The van der Waals surface area contributed by atoms with Crippen LogP contribution in [0.5, 0.6) is 0 Å². The van der Waals surface area contributed by atoms with Crippen molar-refractivity contribution in [2.75, 3.05) is 26.2 Å². The van der Waals surface area contributed by atoms with E-state index >= 15 is 0 Å². The fourth-order valence-electron chi connectivity index (χ4n) is 3.13. The van der Waals surface area contributed by atoms with Crippen molar-refractivity contribution < 1.29 is 14.4 Å². The molecule has 148 valence electrons. The van der Waals surface area contributed by atoms with Crippen molar-refractivity contribution in [1.29, 1.82) is 0 Å². The van der Waals surface area contributed by atoms with Gasteiger partial charge >= 0.3 is 6.03 Å². The van der Waals surface area contributed by atoms with Gasteiger partial charge < -0.3 is 10.2 Å². The molecular weight excluding hydrogens is 410 g/mol. The first-order chi connectivity index (χ1) is 12.7. The summed E-state index contributed by atoms with van der Waals surface area (Å²) in [6.07, 6.45) is 0.523. The van der Waals surface area contributed by atoms with E-state index in [4.69, 9.17) is 0 Å². The van der Waals surface area contributed by atoms with E-state index in [1.807, 2.05) is 4.90 Å². The van der Waals surface area contributed by atoms with Crippen LogP contribution in [0.3, 0.4) is 0 Å². The number of urea groups is 1. The maximum Gasteiger partial charge on any atom is 0.317 e. The number of hydrogen-bond donors (Lipinski definition) is 1. The molecule has 1 N–H and O–H groups in total. The molecule has 0 aliphatic carbocycles. The second-order valence-electron chi connectivity index (χ2n) is 7.73. The standard InChI is InChI=1S/C20H28BrN3O3/c1-13(2)11-23(12-14(3)4)20(27)22-8-5-9-24-18(25)16-7-6-15(21)10-17(16)19(24)26/h6-7,10,13-14H,5,8-9,11-12H2,1-4H3,(H,22,27). The maximum absolute atomic E-state index is 12.4. The second kappa shape index (κ2) is 9.35. The number of imide groups is 1. The number of nitrogens with one attached hydrogen (secondary N) is 1. The van der Waals surface area contributed by atoms with E-state index in [0.29, 0.717) is 55.6 Å². The molecule has 0 bridgehead atoms. The maximum atomic E-state index is 12.4. The van der Waals surface area contributed by atoms with Gasteiger partial charge in [0.2, 0.25) is 0 Å². The normalized spacial score (nSPS) is 13.5. The largest absolute Gasteiger partial charge is 0.338 e. The predicted molar refractivity (Wildman–Crippen MR) is 109 cm³/mol. The zero-order valence-electron chi connectivity index (χ0n) is 16.4. The number of hydrogen-bond acceptors (Lipinski definition) is 3. The highest BCUT2D eigenvalue weighted by Gasteiger charge is 2.35. The van der Waals surface area contributed by atoms with E-state index < -0.39 is 0 Å². The summed E-state index contributed by atoms with van der Waals surface area (Å²) in [6, 6.07) is 5.00. The average molecular weight is 438 g/mol. The molecule has 27 heavy (non-hydrogen) atoms. The van der Waals surface area contributed by atoms with E-state index in [2.05, 4.69) is 48.9 Å². The minimum absolute atomic E-state index is 0.0938. The van der Waals surface area contributed by atoms with E-state index in [9.17, 15) is 14.4 Å². The Bertz CT molecular complexity index is 708. The van der Waals surface area contributed by atoms with Gasteiger partial charge in [-0.05, 0) is 36.5 Å². The first kappa shape index (κ1) is 21.4. The molecule has 7 heteroatoms. The fraction of sp³-hybridized carbons (Fsp3) is 0.550. The minimum atomic E-state index is -0.274. The third-order valence-corrected chi connectivity index (χ3v) is 4.72. The molecular formula is C20H28BrN3O3. The van der Waals surface area contributed by atoms with Crippen LogP contribution in [-0.2, 0) is 0 Å². The smallest absolute Gasteiger partial charge is 0.317 e. The summed E-state index contributed by atoms with van der Waals surface area (Å²) in [5.41, 5.74) is 0.866. The van der Waals surface area contributed by atoms with Crippen molar-refractivity contribution in [1.82, 2.24) is 15.1 Å². The van der Waals surface area contributed by atoms with Gasteiger partial charge in [0.15, 0.2) is 0 Å². The summed E-state index contributed by atoms with van der Waals surface area (Å²) in [6.45, 7) is 10.5. The van der Waals surface area contributed by atoms with E-state index in [1.54, 1.807) is 18.2 Å². The number of carbonyl (C=O) groups excluding carboxylic acids is 3. The summed E-state index contributed by atoms with van der Waals surface area (Å²) in [4.78, 5) is 40.3. The first-order valence-corrected chi connectivity index (χ1v) is 10.2. The molecule has 2 rings (SSSR count). The molecule has 1 aliphatic heterocycles. The number of fused-ring (bicyclic) bond motifs is 1. The molecule has 1 aliphatic rings. The molecule has 1 aromatic rings. The van der Waals surface area contributed by atoms with Crippen LogP contribution in [0.1, 0.15) is 54.8 Å². The van der Waals surface area contributed by atoms with Crippen molar-refractivity contribution >= 4 is 33.8 Å². The quantitative estimate of drug-likeness (QED) is 0.497. The Balaban J connectivity index is 1.85. The zero-order valence-corrected chi connectivity index (χ0v) is 18.0. The number of halogens is 1. The lowest BCUT2D eigenvalue weighted by Crippen LogP contribution is -2.44. The summed E-state index contributed by atoms with van der Waals surface area (Å²) < 4.78 is 0.770. The Kier molecular flexibility index (Phi) is 7.41. The highest BCUT2D eigenvalue weighted by atomic mass is 79.9. The molecule has 0 spiro atoms. The molecule has 0 saturated heterocycles. The van der Waals surface area contributed by atoms with Crippen LogP contribution in [0, 0.1) is 11.8 Å². The molecule has 0 atom stereocenters. The van der Waals surface area contributed by atoms with Gasteiger partial charge in [-0.2, -0.15) is 0 Å². The number of benzene rings is 1. The van der Waals surface area contributed by atoms with Gasteiger partial charge in [-0.15, -0.1) is 0 Å². The number of nitrogens with zero attached hydrogens (tertiary/aromatic N) is 2. The highest BCUT2D eigenvalue weighted by molar-refractivity contribution is 9.10. The summed E-state index contributed by atoms with van der Waals surface area (Å²) in [5, 5.41) is 2.91. The van der Waals surface area contributed by atoms with Gasteiger partial charge in [-0.25, -0.2) is 4.79 Å². The van der Waals surface area contributed by atoms with E-state index in [1.165, 1.54) is 4.90 Å². The summed E-state index contributed by atoms with van der Waals surface area (Å²) in [5.74, 6) is 0.248. The molecule has 0 fully saturated rings. The number of carbonyl (C=O) groups is 3. The first-order valence-electron chi connectivity index (χ1n) is 9.39. The van der Waals surface area contributed by atoms with Crippen molar-refractivity contribution in [3.8, 4) is 0 Å². The van der Waals surface area contributed by atoms with Crippen molar-refractivity contribution in [2.45, 2.75) is 34.1 Å². The fourth-order valence-corrected chi connectivity index (χ4v) is 3.49. The van der Waals surface area contributed by atoms with Crippen molar-refractivity contribution in [2.24, 2.45) is 11.8 Å². The third kappa shape index (κ3) is 5.54. The second-order valence-corrected chi connectivity index (χ2v) is 8.65. The van der Waals surface area contributed by atoms with Crippen LogP contribution in [-0.4, -0.2) is 53.8 Å². The Morgan fingerprint density at radius 2 is 1.67 bits per heavy atom. The summed E-state index contributed by atoms with van der Waals surface area (Å²) in [7, 11) is 0. The Morgan fingerprint density at radius 3 is 2.26 bits per heavy atom. The van der Waals surface area contributed by atoms with Gasteiger partial charge in [0.05, 0.1) is 11.1 Å². The molecule has 0 saturated carbocycles. The molecule has 6 nitrogen and oxygen atoms in total. The SMILES string of the molecule is CC(C)CN(CC(C)C)C(=O)NCCCN1C(=O)c2ccc(Br)cc2C1=O. The Morgan fingerprint density at radius 1 is 1.07 bits per heavy atom. The topological polar surface area (TPSA) is 69.7 Å². The molecule has 0 aromatic heterocycles.